The van der Waals surface area contributed by atoms with Gasteiger partial charge in [0.05, 0.1) is 6.42 Å². The Morgan fingerprint density at radius 2 is 1.66 bits per heavy atom. The molecule has 2 N–H and O–H groups in total. The summed E-state index contributed by atoms with van der Waals surface area (Å²) in [6.07, 6.45) is 5.15. The molecule has 0 fully saturated rings. The number of nitrogens with one attached hydrogen (secondary N) is 2. The number of nitrogens with zero attached hydrogens (tertiary/aromatic N) is 1. The third-order valence-electron chi connectivity index (χ3n) is 5.88. The maximum atomic E-state index is 13.2. The number of carbonyl (C=O) groups excluding carboxylic acids is 1. The molecule has 0 saturated heterocycles. The highest BCUT2D eigenvalue weighted by molar-refractivity contribution is 5.89. The van der Waals surface area contributed by atoms with Gasteiger partial charge in [0.1, 0.15) is 5.82 Å². The number of amides is 1. The van der Waals surface area contributed by atoms with Crippen LogP contribution in [0, 0.1) is 5.82 Å². The van der Waals surface area contributed by atoms with Crippen LogP contribution >= 0.6 is 0 Å². The smallest absolute Gasteiger partial charge is 0.224 e. The van der Waals surface area contributed by atoms with Gasteiger partial charge in [-0.1, -0.05) is 48.5 Å². The van der Waals surface area contributed by atoms with Crippen LogP contribution < -0.4 is 5.32 Å². The SMILES string of the molecule is O=C(Cc1cn(Cc2ccc(F)cc2)c2ccccc12)NCCc1c[nH]c2ccccc12. The standard InChI is InChI=1S/C27H24FN3O/c28-22-11-9-19(10-12-22)17-31-18-21(24-6-2-4-8-26(24)31)15-27(32)29-14-13-20-16-30-25-7-3-1-5-23(20)25/h1-12,16,18,30H,13-15,17H2,(H,29,32). The second kappa shape index (κ2) is 8.71. The average molecular weight is 426 g/mol. The first-order chi connectivity index (χ1) is 15.7. The van der Waals surface area contributed by atoms with Crippen molar-refractivity contribution in [3.05, 3.63) is 108 Å². The van der Waals surface area contributed by atoms with Gasteiger partial charge in [-0.25, -0.2) is 4.39 Å². The summed E-state index contributed by atoms with van der Waals surface area (Å²) in [5.41, 5.74) is 5.40. The zero-order valence-electron chi connectivity index (χ0n) is 17.6. The van der Waals surface area contributed by atoms with Crippen molar-refractivity contribution in [1.82, 2.24) is 14.9 Å². The minimum atomic E-state index is -0.240. The van der Waals surface area contributed by atoms with Crippen molar-refractivity contribution in [2.24, 2.45) is 0 Å². The molecule has 0 unspecified atom stereocenters. The number of halogens is 1. The molecule has 0 bridgehead atoms. The molecule has 5 aromatic rings. The quantitative estimate of drug-likeness (QED) is 0.369. The summed E-state index contributed by atoms with van der Waals surface area (Å²) in [5, 5.41) is 5.33. The Labute approximate surface area is 185 Å². The number of hydrogen-bond acceptors (Lipinski definition) is 1. The van der Waals surface area contributed by atoms with Crippen LogP contribution in [0.4, 0.5) is 4.39 Å². The molecule has 2 aromatic heterocycles. The van der Waals surface area contributed by atoms with E-state index < -0.39 is 0 Å². The van der Waals surface area contributed by atoms with Gasteiger partial charge < -0.3 is 14.9 Å². The number of rotatable bonds is 7. The minimum absolute atomic E-state index is 0.00882. The average Bonchev–Trinajstić information content (AvgIpc) is 3.37. The lowest BCUT2D eigenvalue weighted by Gasteiger charge is -2.05. The van der Waals surface area contributed by atoms with E-state index >= 15 is 0 Å². The van der Waals surface area contributed by atoms with Crippen molar-refractivity contribution in [3.63, 3.8) is 0 Å². The van der Waals surface area contributed by atoms with E-state index in [0.717, 1.165) is 34.0 Å². The minimum Gasteiger partial charge on any atom is -0.361 e. The molecular weight excluding hydrogens is 401 g/mol. The molecule has 0 saturated carbocycles. The topological polar surface area (TPSA) is 49.8 Å². The Morgan fingerprint density at radius 1 is 0.906 bits per heavy atom. The van der Waals surface area contributed by atoms with E-state index in [0.29, 0.717) is 19.5 Å². The Kier molecular flexibility index (Phi) is 5.46. The van der Waals surface area contributed by atoms with Gasteiger partial charge in [-0.15, -0.1) is 0 Å². The number of para-hydroxylation sites is 2. The fourth-order valence-electron chi connectivity index (χ4n) is 4.29. The molecule has 5 rings (SSSR count). The predicted octanol–water partition coefficient (Wildman–Crippen LogP) is 5.21. The fraction of sp³-hybridized carbons (Fsp3) is 0.148. The molecule has 0 radical (unpaired) electrons. The van der Waals surface area contributed by atoms with E-state index in [1.54, 1.807) is 12.1 Å². The highest BCUT2D eigenvalue weighted by atomic mass is 19.1. The first-order valence-corrected chi connectivity index (χ1v) is 10.8. The van der Waals surface area contributed by atoms with Crippen molar-refractivity contribution in [1.29, 1.82) is 0 Å². The van der Waals surface area contributed by atoms with Crippen LogP contribution in [-0.4, -0.2) is 22.0 Å². The van der Waals surface area contributed by atoms with Crippen LogP contribution in [-0.2, 0) is 24.2 Å². The Bertz CT molecular complexity index is 1380. The monoisotopic (exact) mass is 425 g/mol. The molecule has 0 aliphatic rings. The van der Waals surface area contributed by atoms with Crippen LogP contribution in [0.15, 0.2) is 85.2 Å². The van der Waals surface area contributed by atoms with Gasteiger partial charge in [-0.3, -0.25) is 4.79 Å². The second-order valence-electron chi connectivity index (χ2n) is 8.06. The molecule has 0 aliphatic carbocycles. The van der Waals surface area contributed by atoms with Gasteiger partial charge >= 0.3 is 0 Å². The molecule has 0 aliphatic heterocycles. The Hall–Kier alpha value is -3.86. The number of aromatic amines is 1. The zero-order valence-corrected chi connectivity index (χ0v) is 17.6. The van der Waals surface area contributed by atoms with Crippen LogP contribution in [0.3, 0.4) is 0 Å². The lowest BCUT2D eigenvalue weighted by atomic mass is 10.1. The molecule has 4 nitrogen and oxygen atoms in total. The summed E-state index contributed by atoms with van der Waals surface area (Å²) >= 11 is 0. The lowest BCUT2D eigenvalue weighted by molar-refractivity contribution is -0.120. The van der Waals surface area contributed by atoms with Gasteiger partial charge in [0.15, 0.2) is 0 Å². The molecule has 32 heavy (non-hydrogen) atoms. The summed E-state index contributed by atoms with van der Waals surface area (Å²) in [4.78, 5) is 16.0. The van der Waals surface area contributed by atoms with E-state index in [1.807, 2.05) is 42.7 Å². The number of hydrogen-bond donors (Lipinski definition) is 2. The lowest BCUT2D eigenvalue weighted by Crippen LogP contribution is -2.27. The summed E-state index contributed by atoms with van der Waals surface area (Å²) in [5.74, 6) is -0.231. The third-order valence-corrected chi connectivity index (χ3v) is 5.88. The van der Waals surface area contributed by atoms with E-state index in [1.165, 1.54) is 23.1 Å². The van der Waals surface area contributed by atoms with Gasteiger partial charge in [-0.05, 0) is 47.4 Å². The van der Waals surface area contributed by atoms with Crippen LogP contribution in [0.1, 0.15) is 16.7 Å². The van der Waals surface area contributed by atoms with Crippen molar-refractivity contribution in [3.8, 4) is 0 Å². The normalized spacial score (nSPS) is 11.3. The zero-order chi connectivity index (χ0) is 21.9. The van der Waals surface area contributed by atoms with Crippen LogP contribution in [0.25, 0.3) is 21.8 Å². The summed E-state index contributed by atoms with van der Waals surface area (Å²) in [6.45, 7) is 1.22. The first-order valence-electron chi connectivity index (χ1n) is 10.8. The number of fused-ring (bicyclic) bond motifs is 2. The Balaban J connectivity index is 1.27. The molecule has 2 heterocycles. The van der Waals surface area contributed by atoms with Crippen molar-refractivity contribution < 1.29 is 9.18 Å². The molecule has 160 valence electrons. The number of H-pyrrole nitrogens is 1. The summed E-state index contributed by atoms with van der Waals surface area (Å²) in [6, 6.07) is 22.8. The third kappa shape index (κ3) is 4.14. The molecular formula is C27H24FN3O. The van der Waals surface area contributed by atoms with Crippen molar-refractivity contribution in [2.75, 3.05) is 6.54 Å². The van der Waals surface area contributed by atoms with Crippen LogP contribution in [0.5, 0.6) is 0 Å². The van der Waals surface area contributed by atoms with Gasteiger partial charge in [-0.2, -0.15) is 0 Å². The maximum Gasteiger partial charge on any atom is 0.224 e. The van der Waals surface area contributed by atoms with E-state index in [4.69, 9.17) is 0 Å². The van der Waals surface area contributed by atoms with Crippen LogP contribution in [0.2, 0.25) is 0 Å². The molecule has 1 amide bonds. The Morgan fingerprint density at radius 3 is 2.50 bits per heavy atom. The maximum absolute atomic E-state index is 13.2. The largest absolute Gasteiger partial charge is 0.361 e. The van der Waals surface area contributed by atoms with Crippen molar-refractivity contribution >= 4 is 27.7 Å². The summed E-state index contributed by atoms with van der Waals surface area (Å²) < 4.78 is 15.4. The number of carbonyl (C=O) groups is 1. The second-order valence-corrected chi connectivity index (χ2v) is 8.06. The molecule has 5 heteroatoms. The van der Waals surface area contributed by atoms with Gasteiger partial charge in [0.2, 0.25) is 5.91 Å². The highest BCUT2D eigenvalue weighted by Crippen LogP contribution is 2.23. The fourth-order valence-corrected chi connectivity index (χ4v) is 4.29. The van der Waals surface area contributed by atoms with Gasteiger partial charge in [0, 0.05) is 47.3 Å². The number of benzene rings is 3. The molecule has 0 spiro atoms. The van der Waals surface area contributed by atoms with Gasteiger partial charge in [0.25, 0.3) is 0 Å². The summed E-state index contributed by atoms with van der Waals surface area (Å²) in [7, 11) is 0. The van der Waals surface area contributed by atoms with E-state index in [9.17, 15) is 9.18 Å². The molecule has 3 aromatic carbocycles. The van der Waals surface area contributed by atoms with Crippen molar-refractivity contribution in [2.45, 2.75) is 19.4 Å². The van der Waals surface area contributed by atoms with E-state index in [-0.39, 0.29) is 11.7 Å². The first kappa shape index (κ1) is 20.1. The number of aromatic nitrogens is 2. The van der Waals surface area contributed by atoms with E-state index in [2.05, 4.69) is 33.1 Å². The highest BCUT2D eigenvalue weighted by Gasteiger charge is 2.12. The predicted molar refractivity (Wildman–Crippen MR) is 126 cm³/mol. The molecule has 0 atom stereocenters.